The van der Waals surface area contributed by atoms with Crippen LogP contribution in [0.4, 0.5) is 0 Å². The Balaban J connectivity index is 1.25. The van der Waals surface area contributed by atoms with Crippen molar-refractivity contribution in [2.45, 2.75) is 0 Å². The Morgan fingerprint density at radius 2 is 0.767 bits per heavy atom. The highest BCUT2D eigenvalue weighted by Crippen LogP contribution is 2.45. The Bertz CT molecular complexity index is 2440. The average molecular weight is 547 g/mol. The van der Waals surface area contributed by atoms with Crippen LogP contribution >= 0.6 is 0 Å². The second-order valence-corrected chi connectivity index (χ2v) is 11.3. The van der Waals surface area contributed by atoms with E-state index in [0.29, 0.717) is 0 Å². The van der Waals surface area contributed by atoms with Gasteiger partial charge in [0.1, 0.15) is 11.2 Å². The van der Waals surface area contributed by atoms with Crippen LogP contribution in [-0.4, -0.2) is 0 Å². The third-order valence-electron chi connectivity index (χ3n) is 8.85. The lowest BCUT2D eigenvalue weighted by molar-refractivity contribution is 0.669. The van der Waals surface area contributed by atoms with Crippen LogP contribution in [0.2, 0.25) is 0 Å². The third kappa shape index (κ3) is 3.79. The van der Waals surface area contributed by atoms with Crippen molar-refractivity contribution in [3.8, 4) is 33.4 Å². The van der Waals surface area contributed by atoms with Crippen molar-refractivity contribution in [1.29, 1.82) is 0 Å². The van der Waals surface area contributed by atoms with E-state index in [1.807, 2.05) is 12.1 Å². The van der Waals surface area contributed by atoms with Crippen molar-refractivity contribution in [2.75, 3.05) is 0 Å². The molecule has 1 aromatic heterocycles. The fourth-order valence-corrected chi connectivity index (χ4v) is 6.83. The zero-order valence-electron chi connectivity index (χ0n) is 23.4. The number of para-hydroxylation sites is 1. The number of rotatable bonds is 3. The van der Waals surface area contributed by atoms with E-state index in [-0.39, 0.29) is 0 Å². The highest BCUT2D eigenvalue weighted by atomic mass is 16.3. The van der Waals surface area contributed by atoms with Crippen LogP contribution < -0.4 is 0 Å². The summed E-state index contributed by atoms with van der Waals surface area (Å²) in [5.74, 6) is 0. The van der Waals surface area contributed by atoms with E-state index in [0.717, 1.165) is 21.9 Å². The van der Waals surface area contributed by atoms with Gasteiger partial charge < -0.3 is 4.42 Å². The van der Waals surface area contributed by atoms with Gasteiger partial charge in [-0.25, -0.2) is 0 Å². The van der Waals surface area contributed by atoms with E-state index in [4.69, 9.17) is 4.42 Å². The highest BCUT2D eigenvalue weighted by Gasteiger charge is 2.17. The highest BCUT2D eigenvalue weighted by molar-refractivity contribution is 6.22. The van der Waals surface area contributed by atoms with Crippen molar-refractivity contribution < 1.29 is 4.42 Å². The SMILES string of the molecule is c1ccc2cc(-c3ccc(-c4c5ccccc5c(-c5ccc6oc7ccccc7c6c5)c5ccccc45)cc3)ccc2c1. The lowest BCUT2D eigenvalue weighted by Crippen LogP contribution is -1.91. The van der Waals surface area contributed by atoms with Gasteiger partial charge in [-0.15, -0.1) is 0 Å². The first-order chi connectivity index (χ1) is 21.3. The van der Waals surface area contributed by atoms with Gasteiger partial charge in [0.15, 0.2) is 0 Å². The molecular weight excluding hydrogens is 520 g/mol. The summed E-state index contributed by atoms with van der Waals surface area (Å²) in [4.78, 5) is 0. The van der Waals surface area contributed by atoms with Gasteiger partial charge in [0.25, 0.3) is 0 Å². The van der Waals surface area contributed by atoms with Crippen molar-refractivity contribution in [1.82, 2.24) is 0 Å². The Labute approximate surface area is 249 Å². The number of hydrogen-bond acceptors (Lipinski definition) is 1. The summed E-state index contributed by atoms with van der Waals surface area (Å²) >= 11 is 0. The zero-order chi connectivity index (χ0) is 28.3. The minimum atomic E-state index is 0.918. The summed E-state index contributed by atoms with van der Waals surface area (Å²) in [6, 6.07) is 56.9. The molecule has 0 spiro atoms. The quantitative estimate of drug-likeness (QED) is 0.201. The molecule has 0 unspecified atom stereocenters. The molecule has 0 radical (unpaired) electrons. The Kier molecular flexibility index (Phi) is 5.27. The maximum absolute atomic E-state index is 6.16. The summed E-state index contributed by atoms with van der Waals surface area (Å²) in [5, 5.41) is 9.84. The average Bonchev–Trinajstić information content (AvgIpc) is 3.45. The summed E-state index contributed by atoms with van der Waals surface area (Å²) in [5.41, 5.74) is 9.25. The summed E-state index contributed by atoms with van der Waals surface area (Å²) in [6.45, 7) is 0. The predicted molar refractivity (Wildman–Crippen MR) is 183 cm³/mol. The molecule has 0 aliphatic rings. The third-order valence-corrected chi connectivity index (χ3v) is 8.85. The molecule has 43 heavy (non-hydrogen) atoms. The van der Waals surface area contributed by atoms with E-state index >= 15 is 0 Å². The molecule has 1 nitrogen and oxygen atoms in total. The summed E-state index contributed by atoms with van der Waals surface area (Å²) in [6.07, 6.45) is 0. The molecule has 200 valence electrons. The first kappa shape index (κ1) is 24.0. The molecule has 9 rings (SSSR count). The van der Waals surface area contributed by atoms with Gasteiger partial charge in [-0.1, -0.05) is 133 Å². The van der Waals surface area contributed by atoms with Gasteiger partial charge in [0.2, 0.25) is 0 Å². The van der Waals surface area contributed by atoms with E-state index in [9.17, 15) is 0 Å². The molecule has 0 amide bonds. The van der Waals surface area contributed by atoms with E-state index in [1.165, 1.54) is 65.7 Å². The van der Waals surface area contributed by atoms with Crippen molar-refractivity contribution in [3.05, 3.63) is 158 Å². The molecular formula is C42H26O. The zero-order valence-corrected chi connectivity index (χ0v) is 23.4. The Morgan fingerprint density at radius 3 is 1.47 bits per heavy atom. The molecule has 8 aromatic carbocycles. The van der Waals surface area contributed by atoms with Gasteiger partial charge >= 0.3 is 0 Å². The molecule has 9 aromatic rings. The first-order valence-electron chi connectivity index (χ1n) is 14.8. The standard InChI is InChI=1S/C42H26O/c1-2-10-30-25-31(22-19-27(30)9-1)28-17-20-29(21-18-28)41-34-12-3-5-14-36(34)42(37-15-6-4-13-35(37)41)32-23-24-40-38(26-32)33-11-7-8-16-39(33)43-40/h1-26H. The fourth-order valence-electron chi connectivity index (χ4n) is 6.83. The largest absolute Gasteiger partial charge is 0.456 e. The second kappa shape index (κ2) is 9.44. The second-order valence-electron chi connectivity index (χ2n) is 11.3. The molecule has 0 aliphatic carbocycles. The lowest BCUT2D eigenvalue weighted by Gasteiger charge is -2.18. The van der Waals surface area contributed by atoms with Crippen LogP contribution in [0.3, 0.4) is 0 Å². The number of benzene rings is 8. The van der Waals surface area contributed by atoms with Crippen LogP contribution in [0.1, 0.15) is 0 Å². The van der Waals surface area contributed by atoms with E-state index < -0.39 is 0 Å². The maximum Gasteiger partial charge on any atom is 0.135 e. The van der Waals surface area contributed by atoms with Crippen LogP contribution in [0.5, 0.6) is 0 Å². The normalized spacial score (nSPS) is 11.7. The molecule has 0 aliphatic heterocycles. The molecule has 0 fully saturated rings. The first-order valence-corrected chi connectivity index (χ1v) is 14.8. The van der Waals surface area contributed by atoms with Crippen molar-refractivity contribution in [2.24, 2.45) is 0 Å². The maximum atomic E-state index is 6.16. The predicted octanol–water partition coefficient (Wildman–Crippen LogP) is 12.0. The van der Waals surface area contributed by atoms with Crippen LogP contribution in [-0.2, 0) is 0 Å². The fraction of sp³-hybridized carbons (Fsp3) is 0. The minimum Gasteiger partial charge on any atom is -0.456 e. The molecule has 0 N–H and O–H groups in total. The number of furan rings is 1. The van der Waals surface area contributed by atoms with Crippen LogP contribution in [0, 0.1) is 0 Å². The topological polar surface area (TPSA) is 13.1 Å². The molecule has 0 saturated carbocycles. The molecule has 0 atom stereocenters. The molecule has 0 bridgehead atoms. The van der Waals surface area contributed by atoms with Crippen LogP contribution in [0.25, 0.3) is 87.6 Å². The van der Waals surface area contributed by atoms with Gasteiger partial charge in [-0.3, -0.25) is 0 Å². The summed E-state index contributed by atoms with van der Waals surface area (Å²) in [7, 11) is 0. The van der Waals surface area contributed by atoms with Gasteiger partial charge in [-0.05, 0) is 90.0 Å². The van der Waals surface area contributed by atoms with Gasteiger partial charge in [-0.2, -0.15) is 0 Å². The van der Waals surface area contributed by atoms with Crippen LogP contribution in [0.15, 0.2) is 162 Å². The van der Waals surface area contributed by atoms with E-state index in [2.05, 4.69) is 146 Å². The number of fused-ring (bicyclic) bond motifs is 6. The minimum absolute atomic E-state index is 0.918. The van der Waals surface area contributed by atoms with Crippen molar-refractivity contribution >= 4 is 54.3 Å². The number of hydrogen-bond donors (Lipinski definition) is 0. The Hall–Kier alpha value is -5.66. The monoisotopic (exact) mass is 546 g/mol. The summed E-state index contributed by atoms with van der Waals surface area (Å²) < 4.78 is 6.16. The molecule has 0 saturated heterocycles. The van der Waals surface area contributed by atoms with Gasteiger partial charge in [0.05, 0.1) is 0 Å². The van der Waals surface area contributed by atoms with Crippen molar-refractivity contribution in [3.63, 3.8) is 0 Å². The Morgan fingerprint density at radius 1 is 0.279 bits per heavy atom. The smallest absolute Gasteiger partial charge is 0.135 e. The molecule has 1 heteroatoms. The lowest BCUT2D eigenvalue weighted by atomic mass is 9.85. The van der Waals surface area contributed by atoms with Gasteiger partial charge in [0, 0.05) is 10.8 Å². The molecule has 1 heterocycles. The van der Waals surface area contributed by atoms with E-state index in [1.54, 1.807) is 0 Å².